The summed E-state index contributed by atoms with van der Waals surface area (Å²) in [5, 5.41) is 10.6. The zero-order valence-corrected chi connectivity index (χ0v) is 64.3. The zero-order valence-electron chi connectivity index (χ0n) is 62.5. The molecule has 17 nitrogen and oxygen atoms in total. The van der Waals surface area contributed by atoms with Crippen LogP contribution in [-0.4, -0.2) is 96.7 Å². The first kappa shape index (κ1) is 94.8. The van der Waals surface area contributed by atoms with Crippen LogP contribution in [0.4, 0.5) is 0 Å². The highest BCUT2D eigenvalue weighted by molar-refractivity contribution is 7.47. The number of carbonyl (C=O) groups is 4. The lowest BCUT2D eigenvalue weighted by Gasteiger charge is -2.21. The molecule has 0 bridgehead atoms. The summed E-state index contributed by atoms with van der Waals surface area (Å²) >= 11 is 0. The molecule has 98 heavy (non-hydrogen) atoms. The smallest absolute Gasteiger partial charge is 0.462 e. The Morgan fingerprint density at radius 1 is 0.286 bits per heavy atom. The van der Waals surface area contributed by atoms with Crippen LogP contribution in [0, 0.1) is 0 Å². The van der Waals surface area contributed by atoms with E-state index in [4.69, 9.17) is 37.0 Å². The van der Waals surface area contributed by atoms with Gasteiger partial charge in [0.1, 0.15) is 19.3 Å². The average molecular weight is 1430 g/mol. The topological polar surface area (TPSA) is 237 Å². The molecule has 0 rings (SSSR count). The summed E-state index contributed by atoms with van der Waals surface area (Å²) in [7, 11) is -9.95. The van der Waals surface area contributed by atoms with Crippen LogP contribution in [0.5, 0.6) is 0 Å². The third-order valence-corrected chi connectivity index (χ3v) is 18.9. The number of phosphoric ester groups is 2. The van der Waals surface area contributed by atoms with Crippen molar-refractivity contribution in [2.24, 2.45) is 0 Å². The molecule has 0 aromatic carbocycles. The van der Waals surface area contributed by atoms with Crippen molar-refractivity contribution in [2.75, 3.05) is 39.6 Å². The van der Waals surface area contributed by atoms with Gasteiger partial charge in [0.25, 0.3) is 0 Å². The molecule has 19 heteroatoms. The third-order valence-electron chi connectivity index (χ3n) is 17.0. The largest absolute Gasteiger partial charge is 0.472 e. The summed E-state index contributed by atoms with van der Waals surface area (Å²) in [4.78, 5) is 72.9. The summed E-state index contributed by atoms with van der Waals surface area (Å²) in [5.41, 5.74) is 0. The van der Waals surface area contributed by atoms with Gasteiger partial charge in [0.2, 0.25) is 0 Å². The second-order valence-electron chi connectivity index (χ2n) is 26.7. The monoisotopic (exact) mass is 1430 g/mol. The standard InChI is InChI=1S/C79H144O17P2/c1-5-9-13-17-21-25-29-33-35-36-38-42-46-50-54-58-62-66-79(84)96-75(70-90-77(82)64-60-56-52-48-44-41-37-34-30-26-22-18-14-10-6-2)72-94-98(87,88)92-68-73(80)67-91-97(85,86)93-71-74(95-78(83)65-61-57-53-49-45-40-32-28-24-20-16-12-8-4)69-89-76(81)63-59-55-51-47-43-39-31-27-23-19-15-11-7-3/h21,25,33-35,37-38,42,50,54,73-75,80H,5-20,22-24,26-32,36,39-41,43-49,51-53,55-72H2,1-4H3,(H,85,86)(H,87,88)/b25-21-,35-33-,37-34-,42-38-,54-50-/t73-,74+,75+/m0/s1. The van der Waals surface area contributed by atoms with E-state index in [-0.39, 0.29) is 25.7 Å². The minimum Gasteiger partial charge on any atom is -0.462 e. The highest BCUT2D eigenvalue weighted by Crippen LogP contribution is 2.45. The molecule has 0 heterocycles. The molecule has 0 amide bonds. The van der Waals surface area contributed by atoms with E-state index in [1.807, 2.05) is 12.2 Å². The highest BCUT2D eigenvalue weighted by Gasteiger charge is 2.30. The highest BCUT2D eigenvalue weighted by atomic mass is 31.2. The number of hydrogen-bond acceptors (Lipinski definition) is 15. The summed E-state index contributed by atoms with van der Waals surface area (Å²) in [6, 6.07) is 0. The van der Waals surface area contributed by atoms with Crippen LogP contribution in [0.1, 0.15) is 362 Å². The minimum absolute atomic E-state index is 0.0215. The Balaban J connectivity index is 5.37. The van der Waals surface area contributed by atoms with Gasteiger partial charge in [-0.05, 0) is 89.9 Å². The first-order chi connectivity index (χ1) is 47.7. The molecule has 0 saturated heterocycles. The molecule has 0 aliphatic heterocycles. The van der Waals surface area contributed by atoms with Gasteiger partial charge in [0.05, 0.1) is 26.4 Å². The van der Waals surface area contributed by atoms with E-state index in [2.05, 4.69) is 76.3 Å². The molecule has 0 fully saturated rings. The maximum atomic E-state index is 13.1. The Hall–Kier alpha value is -3.24. The second-order valence-corrected chi connectivity index (χ2v) is 29.6. The van der Waals surface area contributed by atoms with Gasteiger partial charge in [-0.1, -0.05) is 307 Å². The Kier molecular flexibility index (Phi) is 69.7. The number of hydrogen-bond donors (Lipinski definition) is 3. The number of phosphoric acid groups is 2. The number of rotatable bonds is 75. The molecule has 0 radical (unpaired) electrons. The van der Waals surface area contributed by atoms with Gasteiger partial charge in [0.15, 0.2) is 12.2 Å². The van der Waals surface area contributed by atoms with Gasteiger partial charge in [-0.25, -0.2) is 9.13 Å². The van der Waals surface area contributed by atoms with Crippen molar-refractivity contribution in [3.8, 4) is 0 Å². The van der Waals surface area contributed by atoms with E-state index >= 15 is 0 Å². The molecule has 0 aromatic heterocycles. The lowest BCUT2D eigenvalue weighted by Crippen LogP contribution is -2.30. The van der Waals surface area contributed by atoms with E-state index in [9.17, 15) is 43.2 Å². The Morgan fingerprint density at radius 3 is 0.837 bits per heavy atom. The fraction of sp³-hybridized carbons (Fsp3) is 0.823. The number of aliphatic hydroxyl groups is 1. The van der Waals surface area contributed by atoms with Gasteiger partial charge in [-0.2, -0.15) is 0 Å². The molecule has 2 unspecified atom stereocenters. The molecule has 5 atom stereocenters. The van der Waals surface area contributed by atoms with Crippen molar-refractivity contribution in [1.82, 2.24) is 0 Å². The Bertz CT molecular complexity index is 2100. The van der Waals surface area contributed by atoms with Crippen molar-refractivity contribution in [3.63, 3.8) is 0 Å². The normalized spacial score (nSPS) is 14.2. The SMILES string of the molecule is CCCCC/C=C\C/C=C\C/C=C\C/C=C\CCCC(=O)O[C@H](COC(=O)CCCCCCC/C=C\CCCCCCCC)COP(=O)(O)OC[C@@H](O)COP(=O)(O)OC[C@@H](COC(=O)CCCCCCCCCCCCCCC)OC(=O)CCCCCCCCCCCCCCC. The van der Waals surface area contributed by atoms with Crippen LogP contribution in [0.15, 0.2) is 60.8 Å². The van der Waals surface area contributed by atoms with Crippen LogP contribution in [0.25, 0.3) is 0 Å². The fourth-order valence-electron chi connectivity index (χ4n) is 10.9. The Morgan fingerprint density at radius 2 is 0.510 bits per heavy atom. The van der Waals surface area contributed by atoms with Gasteiger partial charge >= 0.3 is 39.5 Å². The van der Waals surface area contributed by atoms with E-state index in [0.29, 0.717) is 32.1 Å². The van der Waals surface area contributed by atoms with Crippen molar-refractivity contribution in [3.05, 3.63) is 60.8 Å². The van der Waals surface area contributed by atoms with Crippen molar-refractivity contribution in [2.45, 2.75) is 380 Å². The molecule has 0 aliphatic carbocycles. The Labute approximate surface area is 597 Å². The molecule has 572 valence electrons. The first-order valence-electron chi connectivity index (χ1n) is 39.5. The maximum absolute atomic E-state index is 13.1. The molecule has 0 spiro atoms. The van der Waals surface area contributed by atoms with Crippen molar-refractivity contribution in [1.29, 1.82) is 0 Å². The number of carbonyl (C=O) groups excluding carboxylic acids is 4. The van der Waals surface area contributed by atoms with Gasteiger partial charge in [-0.15, -0.1) is 0 Å². The summed E-state index contributed by atoms with van der Waals surface area (Å²) in [5.74, 6) is -2.21. The van der Waals surface area contributed by atoms with E-state index in [1.165, 1.54) is 167 Å². The molecular formula is C79H144O17P2. The predicted molar refractivity (Wildman–Crippen MR) is 400 cm³/mol. The van der Waals surface area contributed by atoms with Crippen LogP contribution >= 0.6 is 15.6 Å². The van der Waals surface area contributed by atoms with E-state index in [0.717, 1.165) is 109 Å². The van der Waals surface area contributed by atoms with Crippen molar-refractivity contribution < 1.29 is 80.2 Å². The van der Waals surface area contributed by atoms with Crippen LogP contribution in [-0.2, 0) is 65.4 Å². The number of esters is 4. The average Bonchev–Trinajstić information content (AvgIpc) is 1.02. The molecule has 0 saturated carbocycles. The van der Waals surface area contributed by atoms with Crippen LogP contribution in [0.2, 0.25) is 0 Å². The molecule has 0 aromatic rings. The number of ether oxygens (including phenoxy) is 4. The lowest BCUT2D eigenvalue weighted by atomic mass is 10.0. The zero-order chi connectivity index (χ0) is 71.8. The number of aliphatic hydroxyl groups excluding tert-OH is 1. The van der Waals surface area contributed by atoms with Gasteiger partial charge in [-0.3, -0.25) is 37.3 Å². The lowest BCUT2D eigenvalue weighted by molar-refractivity contribution is -0.161. The molecule has 0 aliphatic rings. The van der Waals surface area contributed by atoms with Crippen molar-refractivity contribution >= 4 is 39.5 Å². The quantitative estimate of drug-likeness (QED) is 0.0169. The summed E-state index contributed by atoms with van der Waals surface area (Å²) in [6.45, 7) is 4.83. The van der Waals surface area contributed by atoms with Crippen LogP contribution in [0.3, 0.4) is 0 Å². The van der Waals surface area contributed by atoms with E-state index in [1.54, 1.807) is 0 Å². The van der Waals surface area contributed by atoms with Gasteiger partial charge in [0, 0.05) is 25.7 Å². The van der Waals surface area contributed by atoms with E-state index < -0.39 is 97.5 Å². The minimum atomic E-state index is -4.98. The summed E-state index contributed by atoms with van der Waals surface area (Å²) in [6.07, 6.45) is 70.6. The predicted octanol–water partition coefficient (Wildman–Crippen LogP) is 22.7. The number of allylic oxidation sites excluding steroid dienone is 10. The third kappa shape index (κ3) is 71.2. The summed E-state index contributed by atoms with van der Waals surface area (Å²) < 4.78 is 68.5. The fourth-order valence-corrected chi connectivity index (χ4v) is 12.5. The van der Waals surface area contributed by atoms with Gasteiger partial charge < -0.3 is 33.8 Å². The first-order valence-corrected chi connectivity index (χ1v) is 42.5. The molecular weight excluding hydrogens is 1280 g/mol. The maximum Gasteiger partial charge on any atom is 0.472 e. The second kappa shape index (κ2) is 72.1. The number of unbranched alkanes of at least 4 members (excludes halogenated alkanes) is 39. The van der Waals surface area contributed by atoms with Crippen LogP contribution < -0.4 is 0 Å². The molecule has 3 N–H and O–H groups in total.